The van der Waals surface area contributed by atoms with Crippen LogP contribution in [0.5, 0.6) is 11.8 Å². The number of nitrogens with two attached hydrogens (primary N) is 1. The number of halogens is 1. The fourth-order valence-electron chi connectivity index (χ4n) is 2.43. The molecule has 0 fully saturated rings. The first-order valence-corrected chi connectivity index (χ1v) is 9.45. The van der Waals surface area contributed by atoms with Gasteiger partial charge in [-0.25, -0.2) is 22.6 Å². The Bertz CT molecular complexity index is 1070. The summed E-state index contributed by atoms with van der Waals surface area (Å²) in [4.78, 5) is 4.26. The van der Waals surface area contributed by atoms with Crippen molar-refractivity contribution < 1.29 is 22.3 Å². The fraction of sp³-hybridized carbons (Fsp3) is 0.176. The number of ether oxygens (including phenoxy) is 2. The van der Waals surface area contributed by atoms with Gasteiger partial charge in [0.05, 0.1) is 24.3 Å². The molecule has 0 radical (unpaired) electrons. The van der Waals surface area contributed by atoms with Gasteiger partial charge in [-0.15, -0.1) is 5.10 Å². The number of methoxy groups -OCH3 is 1. The third-order valence-corrected chi connectivity index (χ3v) is 4.61. The highest BCUT2D eigenvalue weighted by molar-refractivity contribution is 7.89. The van der Waals surface area contributed by atoms with Gasteiger partial charge in [0.1, 0.15) is 0 Å². The Morgan fingerprint density at radius 3 is 2.44 bits per heavy atom. The number of rotatable bonds is 6. The van der Waals surface area contributed by atoms with Crippen LogP contribution < -0.4 is 14.6 Å². The van der Waals surface area contributed by atoms with Gasteiger partial charge in [0.15, 0.2) is 17.4 Å². The van der Waals surface area contributed by atoms with E-state index in [4.69, 9.17) is 14.6 Å². The van der Waals surface area contributed by atoms with E-state index >= 15 is 0 Å². The molecule has 142 valence electrons. The van der Waals surface area contributed by atoms with Gasteiger partial charge in [-0.05, 0) is 49.4 Å². The summed E-state index contributed by atoms with van der Waals surface area (Å²) in [5.74, 6) is -0.122. The Labute approximate surface area is 155 Å². The first kappa shape index (κ1) is 18.8. The molecule has 3 aromatic rings. The van der Waals surface area contributed by atoms with Crippen LogP contribution >= 0.6 is 0 Å². The summed E-state index contributed by atoms with van der Waals surface area (Å²) in [6.07, 6.45) is 0. The second kappa shape index (κ2) is 7.33. The molecule has 0 saturated heterocycles. The smallest absolute Gasteiger partial charge is 0.336 e. The maximum Gasteiger partial charge on any atom is 0.336 e. The average Bonchev–Trinajstić information content (AvgIpc) is 3.05. The van der Waals surface area contributed by atoms with Gasteiger partial charge in [0.2, 0.25) is 10.0 Å². The number of nitrogens with zero attached hydrogens (tertiary/aromatic N) is 3. The molecule has 3 rings (SSSR count). The highest BCUT2D eigenvalue weighted by atomic mass is 32.2. The summed E-state index contributed by atoms with van der Waals surface area (Å²) < 4.78 is 48.7. The molecule has 2 aromatic carbocycles. The number of hydrogen-bond donors (Lipinski definition) is 1. The first-order chi connectivity index (χ1) is 12.8. The molecule has 1 heterocycles. The summed E-state index contributed by atoms with van der Waals surface area (Å²) in [6.45, 7) is 2.14. The standard InChI is InChI=1S/C17H17FN4O4S/c1-3-26-17-20-16(11-4-9-15(25-2)14(18)10-11)22(21-17)12-5-7-13(8-6-12)27(19,23)24/h4-10H,3H2,1-2H3,(H2,19,23,24). The van der Waals surface area contributed by atoms with Crippen LogP contribution in [0.15, 0.2) is 47.4 Å². The lowest BCUT2D eigenvalue weighted by atomic mass is 10.2. The van der Waals surface area contributed by atoms with E-state index in [0.29, 0.717) is 23.7 Å². The minimum Gasteiger partial charge on any atom is -0.494 e. The summed E-state index contributed by atoms with van der Waals surface area (Å²) in [5, 5.41) is 9.38. The zero-order chi connectivity index (χ0) is 19.6. The lowest BCUT2D eigenvalue weighted by molar-refractivity contribution is 0.312. The van der Waals surface area contributed by atoms with E-state index < -0.39 is 15.8 Å². The van der Waals surface area contributed by atoms with Gasteiger partial charge < -0.3 is 9.47 Å². The van der Waals surface area contributed by atoms with Crippen molar-refractivity contribution in [2.75, 3.05) is 13.7 Å². The van der Waals surface area contributed by atoms with Crippen LogP contribution in [0.2, 0.25) is 0 Å². The van der Waals surface area contributed by atoms with E-state index in [2.05, 4.69) is 10.1 Å². The van der Waals surface area contributed by atoms with E-state index in [1.807, 2.05) is 0 Å². The molecular weight excluding hydrogens is 375 g/mol. The molecule has 0 saturated carbocycles. The molecule has 0 aliphatic carbocycles. The normalized spacial score (nSPS) is 11.4. The van der Waals surface area contributed by atoms with Crippen molar-refractivity contribution in [2.24, 2.45) is 5.14 Å². The summed E-state index contributed by atoms with van der Waals surface area (Å²) in [7, 11) is -2.44. The third kappa shape index (κ3) is 3.91. The second-order valence-electron chi connectivity index (χ2n) is 5.45. The largest absolute Gasteiger partial charge is 0.494 e. The van der Waals surface area contributed by atoms with Crippen molar-refractivity contribution in [1.29, 1.82) is 0 Å². The Morgan fingerprint density at radius 1 is 1.19 bits per heavy atom. The van der Waals surface area contributed by atoms with Crippen molar-refractivity contribution >= 4 is 10.0 Å². The van der Waals surface area contributed by atoms with Crippen molar-refractivity contribution in [1.82, 2.24) is 14.8 Å². The van der Waals surface area contributed by atoms with Gasteiger partial charge >= 0.3 is 6.01 Å². The molecule has 0 aliphatic heterocycles. The number of primary sulfonamides is 1. The van der Waals surface area contributed by atoms with Crippen LogP contribution in [0.1, 0.15) is 6.92 Å². The molecule has 0 bridgehead atoms. The topological polar surface area (TPSA) is 109 Å². The van der Waals surface area contributed by atoms with Gasteiger partial charge in [-0.1, -0.05) is 0 Å². The molecule has 1 aromatic heterocycles. The molecule has 27 heavy (non-hydrogen) atoms. The van der Waals surface area contributed by atoms with Crippen LogP contribution in [0.4, 0.5) is 4.39 Å². The van der Waals surface area contributed by atoms with E-state index in [-0.39, 0.29) is 16.7 Å². The van der Waals surface area contributed by atoms with Crippen LogP contribution in [0.25, 0.3) is 17.1 Å². The lowest BCUT2D eigenvalue weighted by Gasteiger charge is -2.08. The predicted octanol–water partition coefficient (Wildman–Crippen LogP) is 2.13. The van der Waals surface area contributed by atoms with E-state index in [1.54, 1.807) is 13.0 Å². The van der Waals surface area contributed by atoms with E-state index in [1.165, 1.54) is 48.2 Å². The summed E-state index contributed by atoms with van der Waals surface area (Å²) in [6, 6.07) is 10.2. The first-order valence-electron chi connectivity index (χ1n) is 7.90. The van der Waals surface area contributed by atoms with Gasteiger partial charge in [0, 0.05) is 5.56 Å². The fourth-order valence-corrected chi connectivity index (χ4v) is 2.95. The highest BCUT2D eigenvalue weighted by Crippen LogP contribution is 2.28. The average molecular weight is 392 g/mol. The molecule has 0 spiro atoms. The summed E-state index contributed by atoms with van der Waals surface area (Å²) in [5.41, 5.74) is 0.953. The van der Waals surface area contributed by atoms with Crippen LogP contribution in [0, 0.1) is 5.82 Å². The van der Waals surface area contributed by atoms with E-state index in [0.717, 1.165) is 0 Å². The highest BCUT2D eigenvalue weighted by Gasteiger charge is 2.17. The second-order valence-corrected chi connectivity index (χ2v) is 7.01. The van der Waals surface area contributed by atoms with Gasteiger partial charge in [-0.3, -0.25) is 0 Å². The third-order valence-electron chi connectivity index (χ3n) is 3.68. The predicted molar refractivity (Wildman–Crippen MR) is 95.8 cm³/mol. The Kier molecular flexibility index (Phi) is 5.10. The molecule has 10 heteroatoms. The van der Waals surface area contributed by atoms with Gasteiger partial charge in [0.25, 0.3) is 0 Å². The lowest BCUT2D eigenvalue weighted by Crippen LogP contribution is -2.12. The van der Waals surface area contributed by atoms with Crippen molar-refractivity contribution in [2.45, 2.75) is 11.8 Å². The maximum absolute atomic E-state index is 14.1. The van der Waals surface area contributed by atoms with Crippen LogP contribution in [-0.4, -0.2) is 36.9 Å². The number of aromatic nitrogens is 3. The number of sulfonamides is 1. The molecule has 0 aliphatic rings. The molecule has 8 nitrogen and oxygen atoms in total. The van der Waals surface area contributed by atoms with Gasteiger partial charge in [-0.2, -0.15) is 4.98 Å². The quantitative estimate of drug-likeness (QED) is 0.688. The number of benzene rings is 2. The SMILES string of the molecule is CCOc1nc(-c2ccc(OC)c(F)c2)n(-c2ccc(S(N)(=O)=O)cc2)n1. The maximum atomic E-state index is 14.1. The number of hydrogen-bond acceptors (Lipinski definition) is 6. The van der Waals surface area contributed by atoms with Crippen LogP contribution in [-0.2, 0) is 10.0 Å². The summed E-state index contributed by atoms with van der Waals surface area (Å²) >= 11 is 0. The van der Waals surface area contributed by atoms with Crippen molar-refractivity contribution in [3.05, 3.63) is 48.3 Å². The zero-order valence-electron chi connectivity index (χ0n) is 14.6. The molecule has 2 N–H and O–H groups in total. The molecule has 0 amide bonds. The van der Waals surface area contributed by atoms with Crippen molar-refractivity contribution in [3.63, 3.8) is 0 Å². The Morgan fingerprint density at radius 2 is 1.89 bits per heavy atom. The van der Waals surface area contributed by atoms with Crippen molar-refractivity contribution in [3.8, 4) is 28.8 Å². The Hall–Kier alpha value is -2.98. The molecular formula is C17H17FN4O4S. The van der Waals surface area contributed by atoms with Crippen LogP contribution in [0.3, 0.4) is 0 Å². The van der Waals surface area contributed by atoms with E-state index in [9.17, 15) is 12.8 Å². The molecule has 0 unspecified atom stereocenters. The minimum atomic E-state index is -3.81. The zero-order valence-corrected chi connectivity index (χ0v) is 15.4. The Balaban J connectivity index is 2.11. The monoisotopic (exact) mass is 392 g/mol. The minimum absolute atomic E-state index is 0.0339. The molecule has 0 atom stereocenters.